The van der Waals surface area contributed by atoms with Crippen molar-refractivity contribution in [3.8, 4) is 0 Å². The van der Waals surface area contributed by atoms with Crippen LogP contribution in [-0.2, 0) is 12.0 Å². The molecule has 0 radical (unpaired) electrons. The topological polar surface area (TPSA) is 26.0 Å². The van der Waals surface area contributed by atoms with E-state index in [0.717, 1.165) is 0 Å². The molecule has 2 aromatic carbocycles. The Bertz CT molecular complexity index is 553. The molecule has 1 saturated carbocycles. The molecule has 0 atom stereocenters. The average Bonchev–Trinajstić information content (AvgIpc) is 3.21. The lowest BCUT2D eigenvalue weighted by molar-refractivity contribution is 0.819. The summed E-state index contributed by atoms with van der Waals surface area (Å²) >= 11 is 0. The summed E-state index contributed by atoms with van der Waals surface area (Å²) in [7, 11) is 0. The Balaban J connectivity index is 2.12. The Kier molecular flexibility index (Phi) is 2.71. The van der Waals surface area contributed by atoms with Crippen molar-refractivity contribution in [3.05, 3.63) is 70.8 Å². The van der Waals surface area contributed by atoms with E-state index in [4.69, 9.17) is 5.73 Å². The van der Waals surface area contributed by atoms with Crippen LogP contribution in [0.25, 0.3) is 0 Å². The highest BCUT2D eigenvalue weighted by atomic mass is 14.6. The van der Waals surface area contributed by atoms with Crippen LogP contribution in [-0.4, -0.2) is 0 Å². The molecule has 0 saturated heterocycles. The van der Waals surface area contributed by atoms with E-state index in [9.17, 15) is 0 Å². The molecule has 2 N–H and O–H groups in total. The Morgan fingerprint density at radius 1 is 1.06 bits per heavy atom. The minimum absolute atomic E-state index is 0.238. The smallest absolute Gasteiger partial charge is 0.0207 e. The van der Waals surface area contributed by atoms with E-state index in [-0.39, 0.29) is 5.41 Å². The van der Waals surface area contributed by atoms with Gasteiger partial charge in [-0.1, -0.05) is 54.1 Å². The summed E-state index contributed by atoms with van der Waals surface area (Å²) in [6.07, 6.45) is 2.49. The van der Waals surface area contributed by atoms with E-state index in [1.165, 1.54) is 35.1 Å². The minimum Gasteiger partial charge on any atom is -0.326 e. The molecule has 18 heavy (non-hydrogen) atoms. The second-order valence-corrected chi connectivity index (χ2v) is 5.31. The van der Waals surface area contributed by atoms with Gasteiger partial charge in [0.2, 0.25) is 0 Å². The van der Waals surface area contributed by atoms with Crippen LogP contribution in [0.3, 0.4) is 0 Å². The second kappa shape index (κ2) is 4.25. The summed E-state index contributed by atoms with van der Waals surface area (Å²) < 4.78 is 0. The first-order chi connectivity index (χ1) is 8.76. The number of hydrogen-bond acceptors (Lipinski definition) is 1. The van der Waals surface area contributed by atoms with Gasteiger partial charge in [-0.05, 0) is 36.5 Å². The van der Waals surface area contributed by atoms with E-state index in [1.54, 1.807) is 0 Å². The van der Waals surface area contributed by atoms with E-state index in [0.29, 0.717) is 6.54 Å². The zero-order chi connectivity index (χ0) is 12.6. The van der Waals surface area contributed by atoms with Crippen LogP contribution >= 0.6 is 0 Å². The summed E-state index contributed by atoms with van der Waals surface area (Å²) in [5.74, 6) is 0. The molecule has 0 aromatic heterocycles. The fraction of sp³-hybridized carbons (Fsp3) is 0.294. The lowest BCUT2D eigenvalue weighted by Gasteiger charge is -2.20. The fourth-order valence-electron chi connectivity index (χ4n) is 2.91. The predicted octanol–water partition coefficient (Wildman–Crippen LogP) is 3.53. The van der Waals surface area contributed by atoms with Crippen LogP contribution in [0.2, 0.25) is 0 Å². The summed E-state index contributed by atoms with van der Waals surface area (Å²) in [5.41, 5.74) is 11.6. The maximum atomic E-state index is 5.90. The van der Waals surface area contributed by atoms with E-state index in [2.05, 4.69) is 55.5 Å². The monoisotopic (exact) mass is 237 g/mol. The van der Waals surface area contributed by atoms with Gasteiger partial charge in [-0.15, -0.1) is 0 Å². The molecule has 0 unspecified atom stereocenters. The first-order valence-corrected chi connectivity index (χ1v) is 6.62. The van der Waals surface area contributed by atoms with Crippen LogP contribution in [0.4, 0.5) is 0 Å². The van der Waals surface area contributed by atoms with Crippen molar-refractivity contribution in [3.63, 3.8) is 0 Å². The van der Waals surface area contributed by atoms with Gasteiger partial charge in [-0.25, -0.2) is 0 Å². The van der Waals surface area contributed by atoms with Crippen molar-refractivity contribution in [1.82, 2.24) is 0 Å². The van der Waals surface area contributed by atoms with Crippen molar-refractivity contribution in [1.29, 1.82) is 0 Å². The number of nitrogens with two attached hydrogens (primary N) is 1. The van der Waals surface area contributed by atoms with Crippen LogP contribution in [0, 0.1) is 6.92 Å². The Morgan fingerprint density at radius 3 is 2.39 bits per heavy atom. The maximum absolute atomic E-state index is 5.90. The first kappa shape index (κ1) is 11.5. The van der Waals surface area contributed by atoms with E-state index in [1.807, 2.05) is 0 Å². The lowest BCUT2D eigenvalue weighted by atomic mass is 9.84. The number of benzene rings is 2. The molecule has 92 valence electrons. The summed E-state index contributed by atoms with van der Waals surface area (Å²) in [6.45, 7) is 2.79. The molecule has 2 aromatic rings. The summed E-state index contributed by atoms with van der Waals surface area (Å²) in [5, 5.41) is 0. The Hall–Kier alpha value is -1.60. The zero-order valence-electron chi connectivity index (χ0n) is 10.8. The second-order valence-electron chi connectivity index (χ2n) is 5.31. The number of rotatable bonds is 3. The van der Waals surface area contributed by atoms with Gasteiger partial charge in [0.25, 0.3) is 0 Å². The molecule has 1 aliphatic rings. The fourth-order valence-corrected chi connectivity index (χ4v) is 2.91. The van der Waals surface area contributed by atoms with Crippen LogP contribution in [0.1, 0.15) is 35.1 Å². The molecular weight excluding hydrogens is 218 g/mol. The number of aryl methyl sites for hydroxylation is 1. The van der Waals surface area contributed by atoms with Crippen molar-refractivity contribution >= 4 is 0 Å². The van der Waals surface area contributed by atoms with E-state index >= 15 is 0 Å². The molecule has 1 nitrogen and oxygen atoms in total. The molecule has 3 rings (SSSR count). The molecule has 0 bridgehead atoms. The van der Waals surface area contributed by atoms with Crippen LogP contribution in [0.5, 0.6) is 0 Å². The molecule has 0 amide bonds. The van der Waals surface area contributed by atoms with Crippen molar-refractivity contribution in [2.75, 3.05) is 0 Å². The van der Waals surface area contributed by atoms with Gasteiger partial charge in [0.15, 0.2) is 0 Å². The molecule has 0 aliphatic heterocycles. The SMILES string of the molecule is Cc1ccc(CN)c(C2(c3ccccc3)CC2)c1. The molecular formula is C17H19N. The molecule has 1 fully saturated rings. The Morgan fingerprint density at radius 2 is 1.78 bits per heavy atom. The third-order valence-electron chi connectivity index (χ3n) is 4.08. The Labute approximate surface area is 109 Å². The van der Waals surface area contributed by atoms with Gasteiger partial charge in [0.05, 0.1) is 0 Å². The standard InChI is InChI=1S/C17H19N/c1-13-7-8-14(12-18)16(11-13)17(9-10-17)15-5-3-2-4-6-15/h2-8,11H,9-10,12,18H2,1H3. The summed E-state index contributed by atoms with van der Waals surface area (Å²) in [4.78, 5) is 0. The van der Waals surface area contributed by atoms with Crippen molar-refractivity contribution in [2.24, 2.45) is 5.73 Å². The highest BCUT2D eigenvalue weighted by molar-refractivity contribution is 5.49. The quantitative estimate of drug-likeness (QED) is 0.868. The van der Waals surface area contributed by atoms with Gasteiger partial charge < -0.3 is 5.73 Å². The van der Waals surface area contributed by atoms with Gasteiger partial charge in [-0.2, -0.15) is 0 Å². The van der Waals surface area contributed by atoms with Gasteiger partial charge >= 0.3 is 0 Å². The minimum atomic E-state index is 0.238. The van der Waals surface area contributed by atoms with Gasteiger partial charge in [0.1, 0.15) is 0 Å². The normalized spacial score (nSPS) is 16.6. The summed E-state index contributed by atoms with van der Waals surface area (Å²) in [6, 6.07) is 17.5. The number of hydrogen-bond donors (Lipinski definition) is 1. The van der Waals surface area contributed by atoms with Crippen LogP contribution in [0.15, 0.2) is 48.5 Å². The maximum Gasteiger partial charge on any atom is 0.0207 e. The molecule has 0 spiro atoms. The van der Waals surface area contributed by atoms with Gasteiger partial charge in [0, 0.05) is 12.0 Å². The van der Waals surface area contributed by atoms with Gasteiger partial charge in [-0.3, -0.25) is 0 Å². The van der Waals surface area contributed by atoms with Crippen molar-refractivity contribution in [2.45, 2.75) is 31.7 Å². The first-order valence-electron chi connectivity index (χ1n) is 6.62. The zero-order valence-corrected chi connectivity index (χ0v) is 10.8. The third-order valence-corrected chi connectivity index (χ3v) is 4.08. The van der Waals surface area contributed by atoms with Crippen molar-refractivity contribution < 1.29 is 0 Å². The third kappa shape index (κ3) is 1.75. The molecule has 0 heterocycles. The largest absolute Gasteiger partial charge is 0.326 e. The lowest BCUT2D eigenvalue weighted by Crippen LogP contribution is -2.14. The van der Waals surface area contributed by atoms with Crippen LogP contribution < -0.4 is 5.73 Å². The predicted molar refractivity (Wildman–Crippen MR) is 75.5 cm³/mol. The molecule has 1 heteroatoms. The molecule has 1 aliphatic carbocycles. The highest BCUT2D eigenvalue weighted by Gasteiger charge is 2.46. The van der Waals surface area contributed by atoms with E-state index < -0.39 is 0 Å². The average molecular weight is 237 g/mol. The highest BCUT2D eigenvalue weighted by Crippen LogP contribution is 2.54.